The van der Waals surface area contributed by atoms with Crippen molar-refractivity contribution in [3.05, 3.63) is 71.8 Å². The molecular weight excluding hydrogens is 220 g/mol. The molecule has 0 atom stereocenters. The summed E-state index contributed by atoms with van der Waals surface area (Å²) < 4.78 is 0. The highest BCUT2D eigenvalue weighted by Gasteiger charge is 2.06. The van der Waals surface area contributed by atoms with Gasteiger partial charge in [0.05, 0.1) is 0 Å². The first-order valence-electron chi connectivity index (χ1n) is 4.53. The van der Waals surface area contributed by atoms with Gasteiger partial charge in [-0.1, -0.05) is 60.7 Å². The molecule has 4 nitrogen and oxygen atoms in total. The van der Waals surface area contributed by atoms with Gasteiger partial charge in [0.15, 0.2) is 5.78 Å². The Balaban J connectivity index is 0. The third-order valence-corrected chi connectivity index (χ3v) is 2.07. The van der Waals surface area contributed by atoms with Gasteiger partial charge in [-0.3, -0.25) is 4.79 Å². The summed E-state index contributed by atoms with van der Waals surface area (Å²) in [4.78, 5) is 11.8. The molecule has 0 aliphatic carbocycles. The molecule has 2 rings (SSSR count). The van der Waals surface area contributed by atoms with E-state index in [1.165, 1.54) is 0 Å². The molecule has 0 aliphatic rings. The van der Waals surface area contributed by atoms with Gasteiger partial charge in [0.2, 0.25) is 0 Å². The molecule has 0 saturated carbocycles. The van der Waals surface area contributed by atoms with E-state index in [4.69, 9.17) is 0 Å². The average Bonchev–Trinajstić information content (AvgIpc) is 2.30. The molecule has 0 unspecified atom stereocenters. The van der Waals surface area contributed by atoms with Crippen LogP contribution in [0.2, 0.25) is 0 Å². The molecular formula is C13H16O4. The highest BCUT2D eigenvalue weighted by molar-refractivity contribution is 6.08. The zero-order chi connectivity index (χ0) is 9.80. The highest BCUT2D eigenvalue weighted by atomic mass is 16.1. The Bertz CT molecular complexity index is 384. The van der Waals surface area contributed by atoms with Crippen molar-refractivity contribution in [2.75, 3.05) is 0 Å². The van der Waals surface area contributed by atoms with Crippen molar-refractivity contribution in [1.82, 2.24) is 0 Å². The lowest BCUT2D eigenvalue weighted by molar-refractivity contribution is 0.103. The van der Waals surface area contributed by atoms with Crippen molar-refractivity contribution in [1.29, 1.82) is 0 Å². The topological polar surface area (TPSA) is 112 Å². The number of carbonyl (C=O) groups is 1. The molecule has 4 heteroatoms. The standard InChI is InChI=1S/C13H10O.3H2O/c14-13(11-7-3-1-4-8-11)12-9-5-2-6-10-12;;;/h1-10H;3*1H2. The lowest BCUT2D eigenvalue weighted by Gasteiger charge is -1.99. The summed E-state index contributed by atoms with van der Waals surface area (Å²) in [5, 5.41) is 0. The third kappa shape index (κ3) is 4.16. The van der Waals surface area contributed by atoms with Crippen molar-refractivity contribution in [2.45, 2.75) is 0 Å². The zero-order valence-corrected chi connectivity index (χ0v) is 9.18. The predicted octanol–water partition coefficient (Wildman–Crippen LogP) is 0.444. The Kier molecular flexibility index (Phi) is 8.36. The number of carbonyl (C=O) groups excluding carboxylic acids is 1. The normalized spacial score (nSPS) is 8.00. The fourth-order valence-corrected chi connectivity index (χ4v) is 1.35. The number of hydrogen-bond acceptors (Lipinski definition) is 1. The second kappa shape index (κ2) is 8.18. The van der Waals surface area contributed by atoms with Crippen molar-refractivity contribution in [2.24, 2.45) is 0 Å². The van der Waals surface area contributed by atoms with Gasteiger partial charge < -0.3 is 16.4 Å². The smallest absolute Gasteiger partial charge is 0.193 e. The second-order valence-corrected chi connectivity index (χ2v) is 3.06. The van der Waals surface area contributed by atoms with E-state index in [2.05, 4.69) is 0 Å². The molecule has 0 radical (unpaired) electrons. The van der Waals surface area contributed by atoms with E-state index in [1.54, 1.807) is 0 Å². The van der Waals surface area contributed by atoms with Crippen LogP contribution in [-0.2, 0) is 0 Å². The monoisotopic (exact) mass is 236 g/mol. The fraction of sp³-hybridized carbons (Fsp3) is 0. The Morgan fingerprint density at radius 3 is 1.18 bits per heavy atom. The molecule has 0 heterocycles. The SMILES string of the molecule is O.O.O.O=C(c1ccccc1)c1ccccc1. The van der Waals surface area contributed by atoms with Crippen LogP contribution in [0.25, 0.3) is 0 Å². The van der Waals surface area contributed by atoms with E-state index in [9.17, 15) is 4.79 Å². The number of hydrogen-bond donors (Lipinski definition) is 0. The van der Waals surface area contributed by atoms with Crippen LogP contribution in [0.4, 0.5) is 0 Å². The van der Waals surface area contributed by atoms with Crippen LogP contribution in [0.1, 0.15) is 15.9 Å². The van der Waals surface area contributed by atoms with Gasteiger partial charge in [0.1, 0.15) is 0 Å². The summed E-state index contributed by atoms with van der Waals surface area (Å²) in [6.07, 6.45) is 0. The first kappa shape index (κ1) is 17.4. The van der Waals surface area contributed by atoms with Crippen molar-refractivity contribution >= 4 is 5.78 Å². The van der Waals surface area contributed by atoms with Gasteiger partial charge in [-0.15, -0.1) is 0 Å². The van der Waals surface area contributed by atoms with E-state index < -0.39 is 0 Å². The molecule has 6 N–H and O–H groups in total. The maximum Gasteiger partial charge on any atom is 0.193 e. The lowest BCUT2D eigenvalue weighted by atomic mass is 10.0. The largest absolute Gasteiger partial charge is 0.412 e. The first-order chi connectivity index (χ1) is 6.88. The number of benzene rings is 2. The molecule has 0 aliphatic heterocycles. The molecule has 2 aromatic rings. The van der Waals surface area contributed by atoms with Crippen molar-refractivity contribution < 1.29 is 21.2 Å². The molecule has 0 bridgehead atoms. The van der Waals surface area contributed by atoms with Crippen LogP contribution < -0.4 is 0 Å². The van der Waals surface area contributed by atoms with Crippen molar-refractivity contribution in [3.63, 3.8) is 0 Å². The van der Waals surface area contributed by atoms with Gasteiger partial charge in [-0.2, -0.15) is 0 Å². The van der Waals surface area contributed by atoms with Crippen LogP contribution in [-0.4, -0.2) is 22.2 Å². The third-order valence-electron chi connectivity index (χ3n) is 2.07. The molecule has 2 aromatic carbocycles. The molecule has 92 valence electrons. The van der Waals surface area contributed by atoms with Crippen molar-refractivity contribution in [3.8, 4) is 0 Å². The minimum absolute atomic E-state index is 0. The van der Waals surface area contributed by atoms with Gasteiger partial charge in [-0.25, -0.2) is 0 Å². The highest BCUT2D eigenvalue weighted by Crippen LogP contribution is 2.08. The summed E-state index contributed by atoms with van der Waals surface area (Å²) >= 11 is 0. The molecule has 0 saturated heterocycles. The summed E-state index contributed by atoms with van der Waals surface area (Å²) in [6, 6.07) is 18.6. The van der Waals surface area contributed by atoms with Gasteiger partial charge in [0, 0.05) is 11.1 Å². The molecule has 0 aromatic heterocycles. The maximum absolute atomic E-state index is 11.8. The van der Waals surface area contributed by atoms with Crippen LogP contribution in [0, 0.1) is 0 Å². The minimum atomic E-state index is 0. The van der Waals surface area contributed by atoms with Gasteiger partial charge in [0.25, 0.3) is 0 Å². The van der Waals surface area contributed by atoms with Crippen LogP contribution >= 0.6 is 0 Å². The Hall–Kier alpha value is -2.01. The van der Waals surface area contributed by atoms with Gasteiger partial charge in [-0.05, 0) is 0 Å². The Morgan fingerprint density at radius 1 is 0.588 bits per heavy atom. The lowest BCUT2D eigenvalue weighted by Crippen LogP contribution is -1.99. The second-order valence-electron chi connectivity index (χ2n) is 3.06. The molecule has 0 amide bonds. The summed E-state index contributed by atoms with van der Waals surface area (Å²) in [5.41, 5.74) is 1.47. The predicted molar refractivity (Wildman–Crippen MR) is 67.2 cm³/mol. The maximum atomic E-state index is 11.8. The number of ketones is 1. The van der Waals surface area contributed by atoms with E-state index in [1.807, 2.05) is 60.7 Å². The molecule has 0 spiro atoms. The molecule has 17 heavy (non-hydrogen) atoms. The van der Waals surface area contributed by atoms with E-state index in [0.29, 0.717) is 0 Å². The summed E-state index contributed by atoms with van der Waals surface area (Å²) in [5.74, 6) is 0.0752. The average molecular weight is 236 g/mol. The minimum Gasteiger partial charge on any atom is -0.412 e. The quantitative estimate of drug-likeness (QED) is 0.692. The van der Waals surface area contributed by atoms with Crippen LogP contribution in [0.15, 0.2) is 60.7 Å². The zero-order valence-electron chi connectivity index (χ0n) is 9.18. The number of rotatable bonds is 2. The summed E-state index contributed by atoms with van der Waals surface area (Å²) in [7, 11) is 0. The van der Waals surface area contributed by atoms with Gasteiger partial charge >= 0.3 is 0 Å². The molecule has 0 fully saturated rings. The van der Waals surface area contributed by atoms with E-state index in [-0.39, 0.29) is 22.2 Å². The van der Waals surface area contributed by atoms with Crippen LogP contribution in [0.5, 0.6) is 0 Å². The first-order valence-corrected chi connectivity index (χ1v) is 4.53. The fourth-order valence-electron chi connectivity index (χ4n) is 1.35. The Labute approximate surface area is 99.5 Å². The van der Waals surface area contributed by atoms with Crippen LogP contribution in [0.3, 0.4) is 0 Å². The van der Waals surface area contributed by atoms with E-state index in [0.717, 1.165) is 11.1 Å². The Morgan fingerprint density at radius 2 is 0.882 bits per heavy atom. The van der Waals surface area contributed by atoms with E-state index >= 15 is 0 Å². The summed E-state index contributed by atoms with van der Waals surface area (Å²) in [6.45, 7) is 0.